The maximum atomic E-state index is 11.9. The Kier molecular flexibility index (Phi) is 8.25. The first kappa shape index (κ1) is 18.8. The molecule has 4 heteroatoms. The summed E-state index contributed by atoms with van der Waals surface area (Å²) in [5.41, 5.74) is 1.45. The van der Waals surface area contributed by atoms with Gasteiger partial charge in [0.05, 0.1) is 5.69 Å². The average Bonchev–Trinajstić information content (AvgIpc) is 2.50. The zero-order chi connectivity index (χ0) is 16.5. The highest BCUT2D eigenvalue weighted by Crippen LogP contribution is 2.18. The lowest BCUT2D eigenvalue weighted by molar-refractivity contribution is 0.244. The van der Waals surface area contributed by atoms with E-state index in [1.165, 1.54) is 6.07 Å². The highest BCUT2D eigenvalue weighted by atomic mass is 16.3. The van der Waals surface area contributed by atoms with E-state index >= 15 is 0 Å². The van der Waals surface area contributed by atoms with Crippen molar-refractivity contribution in [3.8, 4) is 5.75 Å². The molecular formula is C18H32N2O2. The van der Waals surface area contributed by atoms with Crippen molar-refractivity contribution in [1.29, 1.82) is 0 Å². The molecule has 0 unspecified atom stereocenters. The number of hydrogen-bond donors (Lipinski definition) is 1. The maximum absolute atomic E-state index is 11.9. The molecule has 0 fully saturated rings. The van der Waals surface area contributed by atoms with Gasteiger partial charge in [0, 0.05) is 24.8 Å². The normalized spacial score (nSPS) is 11.3. The van der Waals surface area contributed by atoms with Crippen LogP contribution in [-0.2, 0) is 13.1 Å². The quantitative estimate of drug-likeness (QED) is 0.717. The van der Waals surface area contributed by atoms with Crippen LogP contribution in [-0.4, -0.2) is 27.7 Å². The first-order chi connectivity index (χ1) is 10.5. The van der Waals surface area contributed by atoms with Gasteiger partial charge in [-0.25, -0.2) is 0 Å². The van der Waals surface area contributed by atoms with Crippen molar-refractivity contribution in [1.82, 2.24) is 9.47 Å². The van der Waals surface area contributed by atoms with E-state index in [1.807, 2.05) is 6.92 Å². The minimum atomic E-state index is -0.259. The molecule has 126 valence electrons. The topological polar surface area (TPSA) is 45.5 Å². The van der Waals surface area contributed by atoms with E-state index in [4.69, 9.17) is 0 Å². The molecule has 0 spiro atoms. The lowest BCUT2D eigenvalue weighted by atomic mass is 10.2. The third kappa shape index (κ3) is 5.16. The number of aromatic hydroxyl groups is 1. The largest absolute Gasteiger partial charge is 0.503 e. The number of hydrogen-bond acceptors (Lipinski definition) is 3. The number of rotatable bonds is 10. The fourth-order valence-electron chi connectivity index (χ4n) is 2.76. The minimum absolute atomic E-state index is 0.0722. The Morgan fingerprint density at radius 3 is 2.18 bits per heavy atom. The summed E-state index contributed by atoms with van der Waals surface area (Å²) < 4.78 is 2.10. The van der Waals surface area contributed by atoms with Crippen molar-refractivity contribution < 1.29 is 5.11 Å². The van der Waals surface area contributed by atoms with E-state index in [0.29, 0.717) is 6.54 Å². The zero-order valence-corrected chi connectivity index (χ0v) is 14.7. The standard InChI is InChI=1S/C18H32N2O2/c1-5-8-11-19(12-9-6-2)14-16-18(22)17(21)13-15(4)20(16)10-7-3/h13,22H,5-12,14H2,1-4H3. The molecule has 0 amide bonds. The summed E-state index contributed by atoms with van der Waals surface area (Å²) in [6.45, 7) is 12.0. The van der Waals surface area contributed by atoms with Gasteiger partial charge in [0.25, 0.3) is 0 Å². The van der Waals surface area contributed by atoms with E-state index in [-0.39, 0.29) is 11.2 Å². The van der Waals surface area contributed by atoms with Crippen molar-refractivity contribution in [2.24, 2.45) is 0 Å². The van der Waals surface area contributed by atoms with Crippen LogP contribution in [0.5, 0.6) is 5.75 Å². The average molecular weight is 308 g/mol. The Labute approximate surface area is 134 Å². The summed E-state index contributed by atoms with van der Waals surface area (Å²) in [5, 5.41) is 10.3. The number of unbranched alkanes of at least 4 members (excludes halogenated alkanes) is 2. The molecule has 1 N–H and O–H groups in total. The summed E-state index contributed by atoms with van der Waals surface area (Å²) in [6.07, 6.45) is 5.59. The van der Waals surface area contributed by atoms with Crippen molar-refractivity contribution in [2.45, 2.75) is 72.9 Å². The Morgan fingerprint density at radius 2 is 1.68 bits per heavy atom. The van der Waals surface area contributed by atoms with E-state index in [9.17, 15) is 9.90 Å². The second kappa shape index (κ2) is 9.67. The van der Waals surface area contributed by atoms with E-state index in [0.717, 1.165) is 63.1 Å². The zero-order valence-electron chi connectivity index (χ0n) is 14.7. The lowest BCUT2D eigenvalue weighted by Gasteiger charge is -2.25. The molecule has 1 heterocycles. The van der Waals surface area contributed by atoms with Gasteiger partial charge in [-0.05, 0) is 39.3 Å². The molecule has 0 aliphatic carbocycles. The van der Waals surface area contributed by atoms with Gasteiger partial charge in [0.1, 0.15) is 0 Å². The van der Waals surface area contributed by atoms with Crippen LogP contribution in [0.25, 0.3) is 0 Å². The molecule has 4 nitrogen and oxygen atoms in total. The number of aryl methyl sites for hydroxylation is 1. The number of nitrogens with zero attached hydrogens (tertiary/aromatic N) is 2. The Morgan fingerprint density at radius 1 is 1.09 bits per heavy atom. The van der Waals surface area contributed by atoms with Crippen LogP contribution in [0.2, 0.25) is 0 Å². The molecule has 0 aliphatic heterocycles. The maximum Gasteiger partial charge on any atom is 0.223 e. The van der Waals surface area contributed by atoms with Gasteiger partial charge >= 0.3 is 0 Å². The van der Waals surface area contributed by atoms with Gasteiger partial charge in [-0.15, -0.1) is 0 Å². The first-order valence-electron chi connectivity index (χ1n) is 8.69. The molecular weight excluding hydrogens is 276 g/mol. The van der Waals surface area contributed by atoms with E-state index in [1.54, 1.807) is 0 Å². The van der Waals surface area contributed by atoms with Gasteiger partial charge in [-0.2, -0.15) is 0 Å². The van der Waals surface area contributed by atoms with Gasteiger partial charge in [0.2, 0.25) is 5.43 Å². The second-order valence-electron chi connectivity index (χ2n) is 6.08. The summed E-state index contributed by atoms with van der Waals surface area (Å²) in [6, 6.07) is 1.54. The van der Waals surface area contributed by atoms with Crippen LogP contribution in [0, 0.1) is 6.92 Å². The first-order valence-corrected chi connectivity index (χ1v) is 8.69. The summed E-state index contributed by atoms with van der Waals surface area (Å²) in [7, 11) is 0. The predicted molar refractivity (Wildman–Crippen MR) is 92.5 cm³/mol. The van der Waals surface area contributed by atoms with Crippen molar-refractivity contribution >= 4 is 0 Å². The highest BCUT2D eigenvalue weighted by Gasteiger charge is 2.16. The second-order valence-corrected chi connectivity index (χ2v) is 6.08. The van der Waals surface area contributed by atoms with Crippen LogP contribution in [0.4, 0.5) is 0 Å². The summed E-state index contributed by atoms with van der Waals surface area (Å²) in [4.78, 5) is 14.3. The third-order valence-corrected chi connectivity index (χ3v) is 4.07. The number of pyridine rings is 1. The fraction of sp³-hybridized carbons (Fsp3) is 0.722. The van der Waals surface area contributed by atoms with Crippen molar-refractivity contribution in [3.05, 3.63) is 27.7 Å². The monoisotopic (exact) mass is 308 g/mol. The molecule has 1 aromatic rings. The van der Waals surface area contributed by atoms with Crippen LogP contribution < -0.4 is 5.43 Å². The molecule has 0 atom stereocenters. The molecule has 0 saturated carbocycles. The molecule has 0 aliphatic rings. The lowest BCUT2D eigenvalue weighted by Crippen LogP contribution is -2.29. The predicted octanol–water partition coefficient (Wildman–Crippen LogP) is 3.67. The SMILES string of the molecule is CCCCN(CCCC)Cc1c(O)c(=O)cc(C)n1CCC. The number of aromatic nitrogens is 1. The van der Waals surface area contributed by atoms with Gasteiger partial charge < -0.3 is 9.67 Å². The van der Waals surface area contributed by atoms with Gasteiger partial charge in [-0.1, -0.05) is 33.6 Å². The Bertz CT molecular complexity index is 501. The Balaban J connectivity index is 3.07. The molecule has 1 aromatic heterocycles. The molecule has 0 radical (unpaired) electrons. The minimum Gasteiger partial charge on any atom is -0.503 e. The van der Waals surface area contributed by atoms with Crippen molar-refractivity contribution in [2.75, 3.05) is 13.1 Å². The van der Waals surface area contributed by atoms with Gasteiger partial charge in [-0.3, -0.25) is 9.69 Å². The molecule has 1 rings (SSSR count). The molecule has 22 heavy (non-hydrogen) atoms. The molecule has 0 aromatic carbocycles. The summed E-state index contributed by atoms with van der Waals surface area (Å²) >= 11 is 0. The van der Waals surface area contributed by atoms with Crippen LogP contribution in [0.15, 0.2) is 10.9 Å². The fourth-order valence-corrected chi connectivity index (χ4v) is 2.76. The molecule has 0 saturated heterocycles. The molecule has 0 bridgehead atoms. The van der Waals surface area contributed by atoms with Crippen LogP contribution in [0.1, 0.15) is 64.3 Å². The highest BCUT2D eigenvalue weighted by molar-refractivity contribution is 5.29. The van der Waals surface area contributed by atoms with Gasteiger partial charge in [0.15, 0.2) is 5.75 Å². The Hall–Kier alpha value is -1.29. The van der Waals surface area contributed by atoms with Crippen LogP contribution >= 0.6 is 0 Å². The summed E-state index contributed by atoms with van der Waals surface area (Å²) in [5.74, 6) is -0.0722. The smallest absolute Gasteiger partial charge is 0.223 e. The van der Waals surface area contributed by atoms with E-state index < -0.39 is 0 Å². The van der Waals surface area contributed by atoms with E-state index in [2.05, 4.69) is 30.2 Å². The third-order valence-electron chi connectivity index (χ3n) is 4.07. The van der Waals surface area contributed by atoms with Crippen molar-refractivity contribution in [3.63, 3.8) is 0 Å². The van der Waals surface area contributed by atoms with Crippen LogP contribution in [0.3, 0.4) is 0 Å².